The van der Waals surface area contributed by atoms with E-state index in [1.54, 1.807) is 18.2 Å². The first-order chi connectivity index (χ1) is 11.3. The van der Waals surface area contributed by atoms with Gasteiger partial charge in [0, 0.05) is 23.2 Å². The van der Waals surface area contributed by atoms with Crippen LogP contribution in [0.15, 0.2) is 39.4 Å². The van der Waals surface area contributed by atoms with Crippen LogP contribution in [-0.2, 0) is 4.74 Å². The molecule has 1 atom stereocenters. The smallest absolute Gasteiger partial charge is 0.280 e. The van der Waals surface area contributed by atoms with E-state index < -0.39 is 0 Å². The van der Waals surface area contributed by atoms with Crippen molar-refractivity contribution in [2.45, 2.75) is 6.04 Å². The lowest BCUT2D eigenvalue weighted by Crippen LogP contribution is -2.35. The third-order valence-corrected chi connectivity index (χ3v) is 3.75. The molecule has 3 heterocycles. The van der Waals surface area contributed by atoms with Gasteiger partial charge in [0.1, 0.15) is 0 Å². The van der Waals surface area contributed by atoms with Crippen LogP contribution in [0.1, 0.15) is 11.9 Å². The van der Waals surface area contributed by atoms with Gasteiger partial charge in [0.25, 0.3) is 5.89 Å². The van der Waals surface area contributed by atoms with Crippen LogP contribution < -0.4 is 5.32 Å². The van der Waals surface area contributed by atoms with Gasteiger partial charge < -0.3 is 19.1 Å². The van der Waals surface area contributed by atoms with E-state index in [2.05, 4.69) is 20.6 Å². The average molecular weight is 333 g/mol. The first kappa shape index (κ1) is 14.4. The fourth-order valence-electron chi connectivity index (χ4n) is 2.37. The van der Waals surface area contributed by atoms with Crippen molar-refractivity contribution >= 4 is 11.6 Å². The van der Waals surface area contributed by atoms with E-state index in [4.69, 9.17) is 25.4 Å². The second-order valence-corrected chi connectivity index (χ2v) is 5.56. The number of nitrogens with one attached hydrogen (secondary N) is 1. The molecule has 118 valence electrons. The summed E-state index contributed by atoms with van der Waals surface area (Å²) in [7, 11) is 0. The SMILES string of the molecule is Clc1cccc(-c2cc(-c3nc([C@@H]4COCCN4)no3)no2)c1. The van der Waals surface area contributed by atoms with Crippen LogP contribution in [0.4, 0.5) is 0 Å². The van der Waals surface area contributed by atoms with Crippen LogP contribution in [0.2, 0.25) is 5.02 Å². The van der Waals surface area contributed by atoms with Gasteiger partial charge in [-0.25, -0.2) is 0 Å². The molecule has 7 nitrogen and oxygen atoms in total. The molecule has 0 radical (unpaired) electrons. The Kier molecular flexibility index (Phi) is 3.82. The van der Waals surface area contributed by atoms with Gasteiger partial charge in [-0.15, -0.1) is 0 Å². The van der Waals surface area contributed by atoms with Crippen LogP contribution in [-0.4, -0.2) is 35.1 Å². The maximum atomic E-state index is 5.99. The van der Waals surface area contributed by atoms with Crippen molar-refractivity contribution in [1.29, 1.82) is 0 Å². The topological polar surface area (TPSA) is 86.2 Å². The highest BCUT2D eigenvalue weighted by molar-refractivity contribution is 6.30. The minimum absolute atomic E-state index is 0.0689. The van der Waals surface area contributed by atoms with Crippen LogP contribution in [0.5, 0.6) is 0 Å². The highest BCUT2D eigenvalue weighted by Crippen LogP contribution is 2.27. The molecular weight excluding hydrogens is 320 g/mol. The maximum Gasteiger partial charge on any atom is 0.280 e. The number of aromatic nitrogens is 3. The Morgan fingerprint density at radius 2 is 2.13 bits per heavy atom. The minimum atomic E-state index is -0.0689. The molecule has 0 amide bonds. The van der Waals surface area contributed by atoms with E-state index in [1.807, 2.05) is 12.1 Å². The van der Waals surface area contributed by atoms with Crippen LogP contribution >= 0.6 is 11.6 Å². The summed E-state index contributed by atoms with van der Waals surface area (Å²) in [4.78, 5) is 4.36. The third-order valence-electron chi connectivity index (χ3n) is 3.51. The Hall–Kier alpha value is -2.22. The van der Waals surface area contributed by atoms with Crippen molar-refractivity contribution in [3.8, 4) is 22.9 Å². The van der Waals surface area contributed by atoms with Gasteiger partial charge in [-0.1, -0.05) is 34.0 Å². The van der Waals surface area contributed by atoms with Crippen molar-refractivity contribution in [2.24, 2.45) is 0 Å². The van der Waals surface area contributed by atoms with E-state index in [0.717, 1.165) is 12.1 Å². The molecular formula is C15H13ClN4O3. The number of hydrogen-bond acceptors (Lipinski definition) is 7. The molecule has 1 aliphatic rings. The first-order valence-corrected chi connectivity index (χ1v) is 7.55. The number of nitrogens with zero attached hydrogens (tertiary/aromatic N) is 3. The van der Waals surface area contributed by atoms with Crippen molar-refractivity contribution < 1.29 is 13.8 Å². The minimum Gasteiger partial charge on any atom is -0.378 e. The number of benzene rings is 1. The second-order valence-electron chi connectivity index (χ2n) is 5.13. The van der Waals surface area contributed by atoms with Gasteiger partial charge in [-0.05, 0) is 12.1 Å². The predicted octanol–water partition coefficient (Wildman–Crippen LogP) is 2.71. The molecule has 0 spiro atoms. The third kappa shape index (κ3) is 2.98. The van der Waals surface area contributed by atoms with E-state index in [0.29, 0.717) is 41.4 Å². The molecule has 1 aliphatic heterocycles. The van der Waals surface area contributed by atoms with Gasteiger partial charge in [0.05, 0.1) is 19.3 Å². The summed E-state index contributed by atoms with van der Waals surface area (Å²) in [6.07, 6.45) is 0. The molecule has 0 saturated carbocycles. The van der Waals surface area contributed by atoms with Crippen molar-refractivity contribution in [2.75, 3.05) is 19.8 Å². The van der Waals surface area contributed by atoms with Crippen molar-refractivity contribution in [1.82, 2.24) is 20.6 Å². The summed E-state index contributed by atoms with van der Waals surface area (Å²) >= 11 is 5.99. The average Bonchev–Trinajstić information content (AvgIpc) is 3.25. The predicted molar refractivity (Wildman–Crippen MR) is 81.8 cm³/mol. The number of morpholine rings is 1. The fraction of sp³-hybridized carbons (Fsp3) is 0.267. The quantitative estimate of drug-likeness (QED) is 0.789. The lowest BCUT2D eigenvalue weighted by molar-refractivity contribution is 0.0734. The summed E-state index contributed by atoms with van der Waals surface area (Å²) in [6.45, 7) is 1.97. The summed E-state index contributed by atoms with van der Waals surface area (Å²) in [5, 5.41) is 11.9. The van der Waals surface area contributed by atoms with Gasteiger partial charge in [0.2, 0.25) is 0 Å². The van der Waals surface area contributed by atoms with Gasteiger partial charge in [0.15, 0.2) is 17.3 Å². The van der Waals surface area contributed by atoms with Crippen LogP contribution in [0.3, 0.4) is 0 Å². The molecule has 3 aromatic rings. The van der Waals surface area contributed by atoms with Crippen molar-refractivity contribution in [3.63, 3.8) is 0 Å². The molecule has 8 heteroatoms. The molecule has 0 unspecified atom stereocenters. The molecule has 23 heavy (non-hydrogen) atoms. The number of halogens is 1. The Morgan fingerprint density at radius 1 is 1.17 bits per heavy atom. The number of ether oxygens (including phenoxy) is 1. The monoisotopic (exact) mass is 332 g/mol. The highest BCUT2D eigenvalue weighted by Gasteiger charge is 2.22. The maximum absolute atomic E-state index is 5.99. The standard InChI is InChI=1S/C15H13ClN4O3/c16-10-3-1-2-9(6-10)13-7-11(19-22-13)15-18-14(20-23-15)12-8-21-5-4-17-12/h1-3,6-7,12,17H,4-5,8H2/t12-/m0/s1. The normalized spacial score (nSPS) is 18.2. The zero-order valence-electron chi connectivity index (χ0n) is 12.0. The summed E-state index contributed by atoms with van der Waals surface area (Å²) in [5.41, 5.74) is 1.31. The zero-order valence-corrected chi connectivity index (χ0v) is 12.8. The van der Waals surface area contributed by atoms with E-state index in [-0.39, 0.29) is 6.04 Å². The van der Waals surface area contributed by atoms with Gasteiger partial charge >= 0.3 is 0 Å². The zero-order chi connectivity index (χ0) is 15.6. The second kappa shape index (κ2) is 6.11. The lowest BCUT2D eigenvalue weighted by Gasteiger charge is -2.20. The molecule has 2 aromatic heterocycles. The highest BCUT2D eigenvalue weighted by atomic mass is 35.5. The summed E-state index contributed by atoms with van der Waals surface area (Å²) < 4.78 is 16.0. The Labute approximate surface area is 136 Å². The largest absolute Gasteiger partial charge is 0.378 e. The van der Waals surface area contributed by atoms with Crippen molar-refractivity contribution in [3.05, 3.63) is 41.2 Å². The van der Waals surface area contributed by atoms with Crippen LogP contribution in [0.25, 0.3) is 22.9 Å². The molecule has 1 fully saturated rings. The fourth-order valence-corrected chi connectivity index (χ4v) is 2.56. The van der Waals surface area contributed by atoms with E-state index in [1.165, 1.54) is 0 Å². The number of hydrogen-bond donors (Lipinski definition) is 1. The Bertz CT molecular complexity index is 810. The van der Waals surface area contributed by atoms with E-state index >= 15 is 0 Å². The molecule has 0 bridgehead atoms. The Balaban J connectivity index is 1.58. The molecule has 1 saturated heterocycles. The summed E-state index contributed by atoms with van der Waals surface area (Å²) in [6, 6.07) is 9.01. The van der Waals surface area contributed by atoms with E-state index in [9.17, 15) is 0 Å². The lowest BCUT2D eigenvalue weighted by atomic mass is 10.1. The molecule has 4 rings (SSSR count). The summed E-state index contributed by atoms with van der Waals surface area (Å²) in [5.74, 6) is 1.44. The van der Waals surface area contributed by atoms with Crippen LogP contribution in [0, 0.1) is 0 Å². The van der Waals surface area contributed by atoms with Gasteiger partial charge in [-0.3, -0.25) is 0 Å². The van der Waals surface area contributed by atoms with Gasteiger partial charge in [-0.2, -0.15) is 4.98 Å². The molecule has 1 N–H and O–H groups in total. The first-order valence-electron chi connectivity index (χ1n) is 7.17. The molecule has 0 aliphatic carbocycles. The number of rotatable bonds is 3. The molecule has 1 aromatic carbocycles. The Morgan fingerprint density at radius 3 is 2.96 bits per heavy atom.